The summed E-state index contributed by atoms with van der Waals surface area (Å²) in [4.78, 5) is 12.1. The molecule has 0 saturated heterocycles. The van der Waals surface area contributed by atoms with Gasteiger partial charge in [-0.2, -0.15) is 0 Å². The van der Waals surface area contributed by atoms with Crippen LogP contribution in [-0.4, -0.2) is 11.0 Å². The molecule has 2 rings (SSSR count). The van der Waals surface area contributed by atoms with Gasteiger partial charge in [-0.3, -0.25) is 4.79 Å². The van der Waals surface area contributed by atoms with E-state index in [1.54, 1.807) is 0 Å². The van der Waals surface area contributed by atoms with Crippen LogP contribution >= 0.6 is 0 Å². The van der Waals surface area contributed by atoms with E-state index in [4.69, 9.17) is 5.11 Å². The predicted molar refractivity (Wildman–Crippen MR) is 75.3 cm³/mol. The van der Waals surface area contributed by atoms with E-state index < -0.39 is 0 Å². The van der Waals surface area contributed by atoms with Crippen molar-refractivity contribution in [3.8, 4) is 0 Å². The highest BCUT2D eigenvalue weighted by atomic mass is 16.3. The minimum Gasteiger partial charge on any atom is -0.392 e. The van der Waals surface area contributed by atoms with Crippen molar-refractivity contribution in [2.75, 3.05) is 0 Å². The second-order valence-electron chi connectivity index (χ2n) is 5.65. The first-order chi connectivity index (χ1) is 9.19. The second kappa shape index (κ2) is 6.71. The number of carbonyl (C=O) groups excluding carboxylic acids is 1. The van der Waals surface area contributed by atoms with Gasteiger partial charge in [-0.05, 0) is 42.7 Å². The van der Waals surface area contributed by atoms with Crippen LogP contribution < -0.4 is 5.32 Å². The van der Waals surface area contributed by atoms with E-state index in [0.29, 0.717) is 6.54 Å². The van der Waals surface area contributed by atoms with Crippen LogP contribution in [0.2, 0.25) is 0 Å². The summed E-state index contributed by atoms with van der Waals surface area (Å²) in [5.74, 6) is 1.14. The Morgan fingerprint density at radius 3 is 2.63 bits per heavy atom. The zero-order valence-electron chi connectivity index (χ0n) is 11.6. The zero-order chi connectivity index (χ0) is 13.7. The molecule has 1 fully saturated rings. The Bertz CT molecular complexity index is 423. The highest BCUT2D eigenvalue weighted by Gasteiger charge is 2.23. The summed E-state index contributed by atoms with van der Waals surface area (Å²) in [6, 6.07) is 7.70. The van der Waals surface area contributed by atoms with Crippen LogP contribution in [0.15, 0.2) is 24.3 Å². The third-order valence-electron chi connectivity index (χ3n) is 4.03. The molecule has 3 nitrogen and oxygen atoms in total. The summed E-state index contributed by atoms with van der Waals surface area (Å²) in [5.41, 5.74) is 1.93. The zero-order valence-corrected chi connectivity index (χ0v) is 11.6. The monoisotopic (exact) mass is 261 g/mol. The van der Waals surface area contributed by atoms with Crippen molar-refractivity contribution < 1.29 is 9.90 Å². The highest BCUT2D eigenvalue weighted by molar-refractivity contribution is 5.78. The van der Waals surface area contributed by atoms with E-state index in [2.05, 4.69) is 12.2 Å². The van der Waals surface area contributed by atoms with Crippen LogP contribution in [0.25, 0.3) is 0 Å². The maximum atomic E-state index is 12.1. The van der Waals surface area contributed by atoms with E-state index in [9.17, 15) is 4.79 Å². The summed E-state index contributed by atoms with van der Waals surface area (Å²) < 4.78 is 0. The van der Waals surface area contributed by atoms with Gasteiger partial charge in [0.25, 0.3) is 0 Å². The predicted octanol–water partition coefficient (Wildman–Crippen LogP) is 2.62. The molecular weight excluding hydrogens is 238 g/mol. The summed E-state index contributed by atoms with van der Waals surface area (Å²) in [7, 11) is 0. The first kappa shape index (κ1) is 14.1. The molecule has 104 valence electrons. The lowest BCUT2D eigenvalue weighted by Gasteiger charge is -2.25. The molecule has 3 heteroatoms. The van der Waals surface area contributed by atoms with E-state index in [1.165, 1.54) is 0 Å². The Kier molecular flexibility index (Phi) is 4.97. The average molecular weight is 261 g/mol. The topological polar surface area (TPSA) is 49.3 Å². The van der Waals surface area contributed by atoms with Gasteiger partial charge in [-0.25, -0.2) is 0 Å². The number of carbonyl (C=O) groups is 1. The summed E-state index contributed by atoms with van der Waals surface area (Å²) >= 11 is 0. The van der Waals surface area contributed by atoms with Crippen LogP contribution in [0.5, 0.6) is 0 Å². The van der Waals surface area contributed by atoms with Crippen LogP contribution in [0.1, 0.15) is 43.7 Å². The van der Waals surface area contributed by atoms with Crippen LogP contribution in [-0.2, 0) is 17.9 Å². The Hall–Kier alpha value is -1.35. The van der Waals surface area contributed by atoms with Crippen LogP contribution in [0.3, 0.4) is 0 Å². The third kappa shape index (κ3) is 4.06. The van der Waals surface area contributed by atoms with Gasteiger partial charge in [0.2, 0.25) is 5.91 Å². The van der Waals surface area contributed by atoms with Gasteiger partial charge in [0.1, 0.15) is 0 Å². The Balaban J connectivity index is 1.82. The fraction of sp³-hybridized carbons (Fsp3) is 0.562. The number of benzene rings is 1. The van der Waals surface area contributed by atoms with E-state index in [0.717, 1.165) is 42.7 Å². The molecule has 1 aliphatic rings. The van der Waals surface area contributed by atoms with Crippen LogP contribution in [0, 0.1) is 11.8 Å². The molecule has 0 unspecified atom stereocenters. The van der Waals surface area contributed by atoms with Crippen molar-refractivity contribution in [3.05, 3.63) is 35.4 Å². The molecule has 1 aromatic carbocycles. The van der Waals surface area contributed by atoms with Crippen molar-refractivity contribution in [1.29, 1.82) is 0 Å². The van der Waals surface area contributed by atoms with Crippen molar-refractivity contribution in [1.82, 2.24) is 5.32 Å². The minimum absolute atomic E-state index is 0.0439. The van der Waals surface area contributed by atoms with E-state index in [1.807, 2.05) is 24.3 Å². The largest absolute Gasteiger partial charge is 0.392 e. The molecule has 0 aliphatic heterocycles. The van der Waals surface area contributed by atoms with E-state index in [-0.39, 0.29) is 18.4 Å². The molecule has 0 heterocycles. The average Bonchev–Trinajstić information content (AvgIpc) is 2.46. The molecule has 0 spiro atoms. The van der Waals surface area contributed by atoms with Crippen molar-refractivity contribution >= 4 is 5.91 Å². The van der Waals surface area contributed by atoms with Gasteiger partial charge in [0.05, 0.1) is 6.61 Å². The number of rotatable bonds is 4. The van der Waals surface area contributed by atoms with Crippen molar-refractivity contribution in [2.24, 2.45) is 11.8 Å². The van der Waals surface area contributed by atoms with Gasteiger partial charge in [0, 0.05) is 12.5 Å². The van der Waals surface area contributed by atoms with Crippen molar-refractivity contribution in [3.63, 3.8) is 0 Å². The lowest BCUT2D eigenvalue weighted by molar-refractivity contribution is -0.126. The van der Waals surface area contributed by atoms with E-state index >= 15 is 0 Å². The lowest BCUT2D eigenvalue weighted by Crippen LogP contribution is -2.32. The molecule has 1 saturated carbocycles. The fourth-order valence-electron chi connectivity index (χ4n) is 2.69. The molecule has 0 radical (unpaired) electrons. The maximum Gasteiger partial charge on any atom is 0.223 e. The molecule has 1 aliphatic carbocycles. The maximum absolute atomic E-state index is 12.1. The molecule has 19 heavy (non-hydrogen) atoms. The number of hydrogen-bond donors (Lipinski definition) is 2. The van der Waals surface area contributed by atoms with Gasteiger partial charge >= 0.3 is 0 Å². The number of aliphatic hydroxyl groups is 1. The third-order valence-corrected chi connectivity index (χ3v) is 4.03. The number of aliphatic hydroxyl groups excluding tert-OH is 1. The molecule has 0 aromatic heterocycles. The standard InChI is InChI=1S/C16H23NO2/c1-12-5-7-15(8-6-12)16(19)17-10-13-3-2-4-14(9-13)11-18/h2-4,9,12,15,18H,5-8,10-11H2,1H3,(H,17,19). The Labute approximate surface area is 115 Å². The number of hydrogen-bond acceptors (Lipinski definition) is 2. The summed E-state index contributed by atoms with van der Waals surface area (Å²) in [5, 5.41) is 12.1. The van der Waals surface area contributed by atoms with Gasteiger partial charge in [0.15, 0.2) is 0 Å². The van der Waals surface area contributed by atoms with Gasteiger partial charge in [-0.15, -0.1) is 0 Å². The Morgan fingerprint density at radius 1 is 1.26 bits per heavy atom. The minimum atomic E-state index is 0.0439. The lowest BCUT2D eigenvalue weighted by atomic mass is 9.82. The number of amides is 1. The van der Waals surface area contributed by atoms with Crippen molar-refractivity contribution in [2.45, 2.75) is 45.8 Å². The Morgan fingerprint density at radius 2 is 1.95 bits per heavy atom. The molecule has 1 amide bonds. The second-order valence-corrected chi connectivity index (χ2v) is 5.65. The van der Waals surface area contributed by atoms with Crippen LogP contribution in [0.4, 0.5) is 0 Å². The molecule has 1 aromatic rings. The first-order valence-electron chi connectivity index (χ1n) is 7.15. The first-order valence-corrected chi connectivity index (χ1v) is 7.15. The molecule has 0 atom stereocenters. The normalized spacial score (nSPS) is 23.1. The number of nitrogens with one attached hydrogen (secondary N) is 1. The van der Waals surface area contributed by atoms with Gasteiger partial charge < -0.3 is 10.4 Å². The highest BCUT2D eigenvalue weighted by Crippen LogP contribution is 2.28. The SMILES string of the molecule is CC1CCC(C(=O)NCc2cccc(CO)c2)CC1. The summed E-state index contributed by atoms with van der Waals surface area (Å²) in [6.45, 7) is 2.86. The quantitative estimate of drug-likeness (QED) is 0.875. The smallest absolute Gasteiger partial charge is 0.223 e. The van der Waals surface area contributed by atoms with Gasteiger partial charge in [-0.1, -0.05) is 31.2 Å². The summed E-state index contributed by atoms with van der Waals surface area (Å²) in [6.07, 6.45) is 4.36. The molecule has 0 bridgehead atoms. The molecular formula is C16H23NO2. The molecule has 2 N–H and O–H groups in total. The fourth-order valence-corrected chi connectivity index (χ4v) is 2.69.